The summed E-state index contributed by atoms with van der Waals surface area (Å²) in [6, 6.07) is 24.7. The van der Waals surface area contributed by atoms with Crippen LogP contribution in [0.2, 0.25) is 0 Å². The van der Waals surface area contributed by atoms with Gasteiger partial charge in [0.25, 0.3) is 0 Å². The molecular formula is C26H23NO4. The predicted octanol–water partition coefficient (Wildman–Crippen LogP) is 4.44. The van der Waals surface area contributed by atoms with Crippen LogP contribution in [0.1, 0.15) is 22.3 Å². The van der Waals surface area contributed by atoms with E-state index in [1.165, 1.54) is 0 Å². The lowest BCUT2D eigenvalue weighted by molar-refractivity contribution is -0.147. The topological polar surface area (TPSA) is 63.7 Å². The lowest BCUT2D eigenvalue weighted by Crippen LogP contribution is -2.27. The van der Waals surface area contributed by atoms with Crippen LogP contribution in [0.3, 0.4) is 0 Å². The molecule has 5 heteroatoms. The van der Waals surface area contributed by atoms with E-state index in [2.05, 4.69) is 0 Å². The smallest absolute Gasteiger partial charge is 0.311 e. The van der Waals surface area contributed by atoms with Gasteiger partial charge in [-0.2, -0.15) is 0 Å². The molecule has 1 aliphatic rings. The monoisotopic (exact) mass is 413 g/mol. The minimum atomic E-state index is -0.569. The molecule has 0 saturated carbocycles. The number of carbonyl (C=O) groups excluding carboxylic acids is 3. The lowest BCUT2D eigenvalue weighted by atomic mass is 10.0. The molecule has 1 fully saturated rings. The van der Waals surface area contributed by atoms with Crippen molar-refractivity contribution in [3.05, 3.63) is 90.0 Å². The van der Waals surface area contributed by atoms with Gasteiger partial charge in [0, 0.05) is 24.2 Å². The van der Waals surface area contributed by atoms with E-state index in [0.29, 0.717) is 5.56 Å². The highest BCUT2D eigenvalue weighted by Crippen LogP contribution is 2.28. The number of hydrogen-bond donors (Lipinski definition) is 0. The fourth-order valence-electron chi connectivity index (χ4n) is 3.78. The number of hydrogen-bond acceptors (Lipinski definition) is 4. The quantitative estimate of drug-likeness (QED) is 0.443. The van der Waals surface area contributed by atoms with Crippen molar-refractivity contribution < 1.29 is 19.1 Å². The number of aryl methyl sites for hydroxylation is 1. The largest absolute Gasteiger partial charge is 0.457 e. The highest BCUT2D eigenvalue weighted by atomic mass is 16.5. The van der Waals surface area contributed by atoms with E-state index in [-0.39, 0.29) is 31.3 Å². The molecule has 156 valence electrons. The zero-order chi connectivity index (χ0) is 21.8. The van der Waals surface area contributed by atoms with Crippen LogP contribution < -0.4 is 4.90 Å². The average molecular weight is 413 g/mol. The van der Waals surface area contributed by atoms with Gasteiger partial charge in [0.05, 0.1) is 5.92 Å². The Morgan fingerprint density at radius 1 is 0.903 bits per heavy atom. The van der Waals surface area contributed by atoms with Gasteiger partial charge >= 0.3 is 5.97 Å². The molecule has 3 aromatic carbocycles. The first-order chi connectivity index (χ1) is 15.0. The molecule has 0 N–H and O–H groups in total. The van der Waals surface area contributed by atoms with Gasteiger partial charge in [0.1, 0.15) is 0 Å². The highest BCUT2D eigenvalue weighted by Gasteiger charge is 2.36. The first kappa shape index (κ1) is 20.5. The summed E-state index contributed by atoms with van der Waals surface area (Å²) in [6.07, 6.45) is 0.0904. The maximum absolute atomic E-state index is 12.5. The zero-order valence-corrected chi connectivity index (χ0v) is 17.3. The van der Waals surface area contributed by atoms with Crippen LogP contribution >= 0.6 is 0 Å². The summed E-state index contributed by atoms with van der Waals surface area (Å²) in [5.41, 5.74) is 4.33. The van der Waals surface area contributed by atoms with Gasteiger partial charge in [-0.1, -0.05) is 72.8 Å². The molecule has 5 nitrogen and oxygen atoms in total. The molecule has 0 spiro atoms. The molecule has 1 atom stereocenters. The number of carbonyl (C=O) groups is 3. The number of benzene rings is 3. The summed E-state index contributed by atoms with van der Waals surface area (Å²) < 4.78 is 5.25. The average Bonchev–Trinajstić information content (AvgIpc) is 3.19. The van der Waals surface area contributed by atoms with Gasteiger partial charge < -0.3 is 9.64 Å². The van der Waals surface area contributed by atoms with Gasteiger partial charge in [-0.15, -0.1) is 0 Å². The lowest BCUT2D eigenvalue weighted by Gasteiger charge is -2.18. The molecule has 1 saturated heterocycles. The van der Waals surface area contributed by atoms with Crippen molar-refractivity contribution in [2.24, 2.45) is 5.92 Å². The van der Waals surface area contributed by atoms with Crippen LogP contribution in [0, 0.1) is 12.8 Å². The maximum Gasteiger partial charge on any atom is 0.311 e. The predicted molar refractivity (Wildman–Crippen MR) is 119 cm³/mol. The Kier molecular flexibility index (Phi) is 5.94. The molecule has 0 radical (unpaired) electrons. The molecular weight excluding hydrogens is 390 g/mol. The van der Waals surface area contributed by atoms with Crippen LogP contribution in [0.4, 0.5) is 5.69 Å². The zero-order valence-electron chi connectivity index (χ0n) is 17.3. The number of nitrogens with zero attached hydrogens (tertiary/aromatic N) is 1. The van der Waals surface area contributed by atoms with Crippen molar-refractivity contribution >= 4 is 23.3 Å². The van der Waals surface area contributed by atoms with Gasteiger partial charge in [-0.05, 0) is 29.7 Å². The Balaban J connectivity index is 1.34. The molecule has 4 rings (SSSR count). The van der Waals surface area contributed by atoms with E-state index in [1.807, 2.05) is 73.7 Å². The number of ether oxygens (including phenoxy) is 1. The van der Waals surface area contributed by atoms with Crippen LogP contribution in [0.15, 0.2) is 78.9 Å². The number of rotatable bonds is 6. The molecule has 3 aromatic rings. The summed E-state index contributed by atoms with van der Waals surface area (Å²) >= 11 is 0. The second-order valence-corrected chi connectivity index (χ2v) is 7.67. The van der Waals surface area contributed by atoms with Crippen molar-refractivity contribution in [1.82, 2.24) is 0 Å². The number of para-hydroxylation sites is 1. The van der Waals surface area contributed by atoms with Gasteiger partial charge in [-0.3, -0.25) is 14.4 Å². The SMILES string of the molecule is Cc1ccccc1N1C[C@@H](C(=O)OCC(=O)c2ccc(-c3ccccc3)cc2)CC1=O. The number of amides is 1. The van der Waals surface area contributed by atoms with E-state index >= 15 is 0 Å². The minimum Gasteiger partial charge on any atom is -0.457 e. The van der Waals surface area contributed by atoms with E-state index in [1.54, 1.807) is 17.0 Å². The normalized spacial score (nSPS) is 15.7. The molecule has 31 heavy (non-hydrogen) atoms. The second-order valence-electron chi connectivity index (χ2n) is 7.67. The number of anilines is 1. The van der Waals surface area contributed by atoms with E-state index in [4.69, 9.17) is 4.74 Å². The molecule has 0 unspecified atom stereocenters. The van der Waals surface area contributed by atoms with Crippen LogP contribution in [-0.2, 0) is 14.3 Å². The Labute approximate surface area is 181 Å². The molecule has 0 bridgehead atoms. The molecule has 0 aliphatic carbocycles. The summed E-state index contributed by atoms with van der Waals surface area (Å²) in [5.74, 6) is -1.47. The van der Waals surface area contributed by atoms with Crippen LogP contribution in [0.25, 0.3) is 11.1 Å². The summed E-state index contributed by atoms with van der Waals surface area (Å²) in [6.45, 7) is 1.86. The van der Waals surface area contributed by atoms with Crippen molar-refractivity contribution in [3.63, 3.8) is 0 Å². The fourth-order valence-corrected chi connectivity index (χ4v) is 3.78. The molecule has 1 amide bonds. The third kappa shape index (κ3) is 4.56. The highest BCUT2D eigenvalue weighted by molar-refractivity contribution is 6.01. The fraction of sp³-hybridized carbons (Fsp3) is 0.192. The van der Waals surface area contributed by atoms with E-state index in [9.17, 15) is 14.4 Å². The van der Waals surface area contributed by atoms with Crippen LogP contribution in [-0.4, -0.2) is 30.8 Å². The van der Waals surface area contributed by atoms with E-state index in [0.717, 1.165) is 22.4 Å². The number of ketones is 1. The third-order valence-corrected chi connectivity index (χ3v) is 5.52. The number of esters is 1. The van der Waals surface area contributed by atoms with Crippen molar-refractivity contribution in [2.45, 2.75) is 13.3 Å². The van der Waals surface area contributed by atoms with Gasteiger partial charge in [0.15, 0.2) is 12.4 Å². The van der Waals surface area contributed by atoms with Gasteiger partial charge in [-0.25, -0.2) is 0 Å². The van der Waals surface area contributed by atoms with Gasteiger partial charge in [0.2, 0.25) is 5.91 Å². The van der Waals surface area contributed by atoms with Crippen LogP contribution in [0.5, 0.6) is 0 Å². The van der Waals surface area contributed by atoms with Crippen molar-refractivity contribution in [1.29, 1.82) is 0 Å². The molecule has 1 aliphatic heterocycles. The van der Waals surface area contributed by atoms with Crippen molar-refractivity contribution in [2.75, 3.05) is 18.1 Å². The Morgan fingerprint density at radius 2 is 1.55 bits per heavy atom. The third-order valence-electron chi connectivity index (χ3n) is 5.52. The minimum absolute atomic E-state index is 0.0904. The second kappa shape index (κ2) is 8.96. The van der Waals surface area contributed by atoms with Crippen molar-refractivity contribution in [3.8, 4) is 11.1 Å². The first-order valence-corrected chi connectivity index (χ1v) is 10.2. The summed E-state index contributed by atoms with van der Waals surface area (Å²) in [4.78, 5) is 38.9. The first-order valence-electron chi connectivity index (χ1n) is 10.2. The van der Waals surface area contributed by atoms with E-state index < -0.39 is 11.9 Å². The summed E-state index contributed by atoms with van der Waals surface area (Å²) in [7, 11) is 0. The number of Topliss-reactive ketones (excluding diaryl/α,β-unsaturated/α-hetero) is 1. The molecule has 0 aromatic heterocycles. The Bertz CT molecular complexity index is 1110. The standard InChI is InChI=1S/C26H23NO4/c1-18-7-5-6-10-23(18)27-16-22(15-25(27)29)26(30)31-17-24(28)21-13-11-20(12-14-21)19-8-3-2-4-9-19/h2-14,22H,15-17H2,1H3/t22-/m0/s1. The molecule has 1 heterocycles. The Morgan fingerprint density at radius 3 is 2.26 bits per heavy atom. The Hall–Kier alpha value is -3.73. The maximum atomic E-state index is 12.5. The summed E-state index contributed by atoms with van der Waals surface area (Å²) in [5, 5.41) is 0.